The monoisotopic (exact) mass is 226 g/mol. The molecule has 1 aliphatic rings. The number of hydrogen-bond acceptors (Lipinski definition) is 4. The van der Waals surface area contributed by atoms with Crippen LogP contribution < -0.4 is 5.73 Å². The van der Waals surface area contributed by atoms with Gasteiger partial charge in [0, 0.05) is 24.0 Å². The van der Waals surface area contributed by atoms with Gasteiger partial charge in [0.05, 0.1) is 12.5 Å². The van der Waals surface area contributed by atoms with Gasteiger partial charge in [-0.15, -0.1) is 11.3 Å². The van der Waals surface area contributed by atoms with Gasteiger partial charge in [0.15, 0.2) is 0 Å². The van der Waals surface area contributed by atoms with E-state index in [1.165, 1.54) is 0 Å². The summed E-state index contributed by atoms with van der Waals surface area (Å²) in [6.45, 7) is 1.60. The summed E-state index contributed by atoms with van der Waals surface area (Å²) in [6, 6.07) is 4.15. The Balaban J connectivity index is 2.07. The summed E-state index contributed by atoms with van der Waals surface area (Å²) in [6.07, 6.45) is 0.160. The first kappa shape index (κ1) is 10.6. The first-order valence-electron chi connectivity index (χ1n) is 4.91. The second kappa shape index (κ2) is 4.30. The molecule has 3 N–H and O–H groups in total. The molecule has 1 atom stereocenters. The average molecular weight is 226 g/mol. The highest BCUT2D eigenvalue weighted by atomic mass is 32.1. The van der Waals surface area contributed by atoms with Crippen molar-refractivity contribution in [3.05, 3.63) is 22.4 Å². The molecule has 1 fully saturated rings. The zero-order valence-electron chi connectivity index (χ0n) is 8.30. The van der Waals surface area contributed by atoms with Gasteiger partial charge in [-0.1, -0.05) is 6.07 Å². The Labute approximate surface area is 92.3 Å². The van der Waals surface area contributed by atoms with Gasteiger partial charge >= 0.3 is 5.97 Å². The Hall–Kier alpha value is -0.910. The fourth-order valence-corrected chi connectivity index (χ4v) is 2.72. The maximum atomic E-state index is 10.8. The highest BCUT2D eigenvalue weighted by Gasteiger charge is 2.32. The molecular weight excluding hydrogens is 212 g/mol. The van der Waals surface area contributed by atoms with E-state index in [-0.39, 0.29) is 18.5 Å². The molecule has 2 rings (SSSR count). The van der Waals surface area contributed by atoms with E-state index in [1.54, 1.807) is 11.3 Å². The molecule has 15 heavy (non-hydrogen) atoms. The Kier molecular flexibility index (Phi) is 3.04. The Bertz CT molecular complexity index is 333. The van der Waals surface area contributed by atoms with Gasteiger partial charge in [0.2, 0.25) is 0 Å². The van der Waals surface area contributed by atoms with E-state index in [1.807, 2.05) is 17.5 Å². The third kappa shape index (κ3) is 2.37. The van der Waals surface area contributed by atoms with Gasteiger partial charge in [-0.25, -0.2) is 0 Å². The molecule has 1 aromatic heterocycles. The number of hydrogen-bond donors (Lipinski definition) is 2. The molecule has 0 bridgehead atoms. The van der Waals surface area contributed by atoms with Crippen LogP contribution >= 0.6 is 11.3 Å². The van der Waals surface area contributed by atoms with Crippen molar-refractivity contribution in [1.29, 1.82) is 0 Å². The van der Waals surface area contributed by atoms with Crippen molar-refractivity contribution in [3.8, 4) is 0 Å². The van der Waals surface area contributed by atoms with E-state index < -0.39 is 5.97 Å². The lowest BCUT2D eigenvalue weighted by molar-refractivity contribution is -0.139. The molecule has 1 aliphatic heterocycles. The minimum atomic E-state index is -0.756. The largest absolute Gasteiger partial charge is 0.481 e. The summed E-state index contributed by atoms with van der Waals surface area (Å²) in [5.74, 6) is -0.756. The Morgan fingerprint density at radius 1 is 1.73 bits per heavy atom. The van der Waals surface area contributed by atoms with Gasteiger partial charge in [0.25, 0.3) is 0 Å². The molecule has 82 valence electrons. The summed E-state index contributed by atoms with van der Waals surface area (Å²) in [5.41, 5.74) is 5.71. The Morgan fingerprint density at radius 2 is 2.47 bits per heavy atom. The van der Waals surface area contributed by atoms with Crippen LogP contribution in [0.4, 0.5) is 0 Å². The van der Waals surface area contributed by atoms with E-state index >= 15 is 0 Å². The quantitative estimate of drug-likeness (QED) is 0.800. The SMILES string of the molecule is NC1CN(C(CC(=O)O)c2cccs2)C1. The van der Waals surface area contributed by atoms with Crippen LogP contribution in [0.3, 0.4) is 0 Å². The molecule has 2 heterocycles. The molecule has 5 heteroatoms. The molecule has 0 saturated carbocycles. The summed E-state index contributed by atoms with van der Waals surface area (Å²) in [5, 5.41) is 10.8. The molecule has 0 aliphatic carbocycles. The lowest BCUT2D eigenvalue weighted by Gasteiger charge is -2.41. The number of carboxylic acids is 1. The smallest absolute Gasteiger partial charge is 0.305 e. The minimum absolute atomic E-state index is 0.00213. The van der Waals surface area contributed by atoms with E-state index in [4.69, 9.17) is 10.8 Å². The van der Waals surface area contributed by atoms with E-state index in [9.17, 15) is 4.79 Å². The van der Waals surface area contributed by atoms with Crippen LogP contribution in [0.2, 0.25) is 0 Å². The van der Waals surface area contributed by atoms with Crippen molar-refractivity contribution in [2.45, 2.75) is 18.5 Å². The predicted molar refractivity (Wildman–Crippen MR) is 58.9 cm³/mol. The maximum absolute atomic E-state index is 10.8. The van der Waals surface area contributed by atoms with Crippen LogP contribution in [0, 0.1) is 0 Å². The lowest BCUT2D eigenvalue weighted by Crippen LogP contribution is -2.56. The second-order valence-electron chi connectivity index (χ2n) is 3.84. The number of carboxylic acid groups (broad SMARTS) is 1. The van der Waals surface area contributed by atoms with E-state index in [0.29, 0.717) is 0 Å². The van der Waals surface area contributed by atoms with Gasteiger partial charge in [-0.05, 0) is 11.4 Å². The molecule has 1 unspecified atom stereocenters. The topological polar surface area (TPSA) is 66.6 Å². The molecular formula is C10H14N2O2S. The van der Waals surface area contributed by atoms with Crippen molar-refractivity contribution in [2.24, 2.45) is 5.73 Å². The maximum Gasteiger partial charge on any atom is 0.305 e. The minimum Gasteiger partial charge on any atom is -0.481 e. The van der Waals surface area contributed by atoms with Crippen molar-refractivity contribution in [3.63, 3.8) is 0 Å². The number of rotatable bonds is 4. The molecule has 0 spiro atoms. The van der Waals surface area contributed by atoms with Crippen LogP contribution in [0.1, 0.15) is 17.3 Å². The van der Waals surface area contributed by atoms with Crippen LogP contribution in [0.5, 0.6) is 0 Å². The number of likely N-dealkylation sites (tertiary alicyclic amines) is 1. The second-order valence-corrected chi connectivity index (χ2v) is 4.82. The lowest BCUT2D eigenvalue weighted by atomic mass is 10.0. The van der Waals surface area contributed by atoms with Crippen molar-refractivity contribution in [2.75, 3.05) is 13.1 Å². The summed E-state index contributed by atoms with van der Waals surface area (Å²) in [7, 11) is 0. The van der Waals surface area contributed by atoms with Crippen molar-refractivity contribution >= 4 is 17.3 Å². The fourth-order valence-electron chi connectivity index (χ4n) is 1.86. The normalized spacial score (nSPS) is 19.8. The number of carbonyl (C=O) groups is 1. The first-order valence-corrected chi connectivity index (χ1v) is 5.79. The van der Waals surface area contributed by atoms with Crippen molar-refractivity contribution in [1.82, 2.24) is 4.90 Å². The first-order chi connectivity index (χ1) is 7.16. The van der Waals surface area contributed by atoms with Crippen LogP contribution in [0.25, 0.3) is 0 Å². The average Bonchev–Trinajstić information content (AvgIpc) is 2.61. The molecule has 1 aromatic rings. The standard InChI is InChI=1S/C10H14N2O2S/c11-7-5-12(6-7)8(4-10(13)14)9-2-1-3-15-9/h1-3,7-8H,4-6,11H2,(H,13,14). The number of nitrogens with zero attached hydrogens (tertiary/aromatic N) is 1. The molecule has 0 radical (unpaired) electrons. The summed E-state index contributed by atoms with van der Waals surface area (Å²) >= 11 is 1.61. The van der Waals surface area contributed by atoms with E-state index in [0.717, 1.165) is 18.0 Å². The zero-order valence-corrected chi connectivity index (χ0v) is 9.11. The summed E-state index contributed by atoms with van der Waals surface area (Å²) < 4.78 is 0. The molecule has 1 saturated heterocycles. The third-order valence-corrected chi connectivity index (χ3v) is 3.59. The molecule has 4 nitrogen and oxygen atoms in total. The van der Waals surface area contributed by atoms with Gasteiger partial charge in [-0.2, -0.15) is 0 Å². The number of thiophene rings is 1. The fraction of sp³-hybridized carbons (Fsp3) is 0.500. The Morgan fingerprint density at radius 3 is 2.93 bits per heavy atom. The van der Waals surface area contributed by atoms with Gasteiger partial charge < -0.3 is 10.8 Å². The van der Waals surface area contributed by atoms with Crippen LogP contribution in [-0.2, 0) is 4.79 Å². The van der Waals surface area contributed by atoms with Crippen LogP contribution in [-0.4, -0.2) is 35.1 Å². The third-order valence-electron chi connectivity index (χ3n) is 2.62. The number of nitrogens with two attached hydrogens (primary N) is 1. The number of aliphatic carboxylic acids is 1. The van der Waals surface area contributed by atoms with Gasteiger partial charge in [0.1, 0.15) is 0 Å². The van der Waals surface area contributed by atoms with E-state index in [2.05, 4.69) is 4.90 Å². The molecule has 0 amide bonds. The predicted octanol–water partition coefficient (Wildman–Crippen LogP) is 0.907. The highest BCUT2D eigenvalue weighted by Crippen LogP contribution is 2.31. The zero-order chi connectivity index (χ0) is 10.8. The highest BCUT2D eigenvalue weighted by molar-refractivity contribution is 7.10. The van der Waals surface area contributed by atoms with Crippen molar-refractivity contribution < 1.29 is 9.90 Å². The molecule has 0 aromatic carbocycles. The van der Waals surface area contributed by atoms with Crippen LogP contribution in [0.15, 0.2) is 17.5 Å². The van der Waals surface area contributed by atoms with Gasteiger partial charge in [-0.3, -0.25) is 9.69 Å². The summed E-state index contributed by atoms with van der Waals surface area (Å²) in [4.78, 5) is 14.0.